The maximum Gasteiger partial charge on any atom is 0.165 e. The van der Waals surface area contributed by atoms with Gasteiger partial charge in [0, 0.05) is 18.4 Å². The lowest BCUT2D eigenvalue weighted by Crippen LogP contribution is -2.34. The molecule has 0 aromatic carbocycles. The summed E-state index contributed by atoms with van der Waals surface area (Å²) in [5.74, 6) is 0.917. The van der Waals surface area contributed by atoms with Crippen LogP contribution in [0.3, 0.4) is 0 Å². The summed E-state index contributed by atoms with van der Waals surface area (Å²) in [7, 11) is 1.71. The van der Waals surface area contributed by atoms with E-state index in [0.29, 0.717) is 17.9 Å². The van der Waals surface area contributed by atoms with Crippen LogP contribution in [-0.2, 0) is 17.8 Å². The summed E-state index contributed by atoms with van der Waals surface area (Å²) in [5.41, 5.74) is 0. The second-order valence-electron chi connectivity index (χ2n) is 5.37. The summed E-state index contributed by atoms with van der Waals surface area (Å²) in [4.78, 5) is 0. The highest BCUT2D eigenvalue weighted by Gasteiger charge is 2.32. The van der Waals surface area contributed by atoms with E-state index in [9.17, 15) is 0 Å². The van der Waals surface area contributed by atoms with E-state index in [4.69, 9.17) is 4.74 Å². The predicted molar refractivity (Wildman–Crippen MR) is 80.7 cm³/mol. The molecule has 20 heavy (non-hydrogen) atoms. The van der Waals surface area contributed by atoms with Gasteiger partial charge in [0.05, 0.1) is 19.7 Å². The Bertz CT molecular complexity index is 392. The van der Waals surface area contributed by atoms with Crippen LogP contribution in [0.15, 0.2) is 0 Å². The van der Waals surface area contributed by atoms with E-state index in [1.807, 2.05) is 16.4 Å². The molecular weight excluding hydrogens is 274 g/mol. The Balaban J connectivity index is 1.93. The summed E-state index contributed by atoms with van der Waals surface area (Å²) < 4.78 is 7.31. The fourth-order valence-electron chi connectivity index (χ4n) is 2.74. The van der Waals surface area contributed by atoms with Gasteiger partial charge in [0.25, 0.3) is 0 Å². The number of tetrazole rings is 1. The summed E-state index contributed by atoms with van der Waals surface area (Å²) in [6, 6.07) is 0. The van der Waals surface area contributed by atoms with E-state index in [1.54, 1.807) is 7.11 Å². The fraction of sp³-hybridized carbons (Fsp3) is 0.923. The highest BCUT2D eigenvalue weighted by atomic mass is 32.2. The van der Waals surface area contributed by atoms with Crippen LogP contribution in [0.5, 0.6) is 0 Å². The molecule has 6 nitrogen and oxygen atoms in total. The molecule has 1 heterocycles. The molecule has 1 fully saturated rings. The highest BCUT2D eigenvalue weighted by Crippen LogP contribution is 2.39. The molecule has 1 N–H and O–H groups in total. The smallest absolute Gasteiger partial charge is 0.165 e. The third-order valence-corrected chi connectivity index (χ3v) is 5.41. The third-order valence-electron chi connectivity index (χ3n) is 4.01. The lowest BCUT2D eigenvalue weighted by Gasteiger charge is -2.35. The molecular formula is C13H25N5OS. The Morgan fingerprint density at radius 3 is 2.85 bits per heavy atom. The SMILES string of the molecule is COCCNCc1nnnn1CC1(SC)CCCCC1. The number of thioether (sulfide) groups is 1. The summed E-state index contributed by atoms with van der Waals surface area (Å²) in [5, 5.41) is 15.4. The first-order chi connectivity index (χ1) is 9.79. The van der Waals surface area contributed by atoms with Crippen LogP contribution in [0.1, 0.15) is 37.9 Å². The largest absolute Gasteiger partial charge is 0.383 e. The van der Waals surface area contributed by atoms with Crippen molar-refractivity contribution in [3.63, 3.8) is 0 Å². The first-order valence-electron chi connectivity index (χ1n) is 7.29. The minimum absolute atomic E-state index is 0.314. The van der Waals surface area contributed by atoms with Gasteiger partial charge >= 0.3 is 0 Å². The van der Waals surface area contributed by atoms with Gasteiger partial charge in [-0.15, -0.1) is 5.10 Å². The number of methoxy groups -OCH3 is 1. The van der Waals surface area contributed by atoms with Crippen molar-refractivity contribution >= 4 is 11.8 Å². The van der Waals surface area contributed by atoms with Crippen molar-refractivity contribution in [3.8, 4) is 0 Å². The lowest BCUT2D eigenvalue weighted by atomic mass is 9.88. The van der Waals surface area contributed by atoms with Gasteiger partial charge in [-0.25, -0.2) is 4.68 Å². The van der Waals surface area contributed by atoms with Crippen molar-refractivity contribution in [3.05, 3.63) is 5.82 Å². The molecule has 0 saturated heterocycles. The van der Waals surface area contributed by atoms with Gasteiger partial charge in [0.2, 0.25) is 0 Å². The molecule has 114 valence electrons. The van der Waals surface area contributed by atoms with Crippen LogP contribution in [0.4, 0.5) is 0 Å². The molecule has 0 spiro atoms. The molecule has 0 bridgehead atoms. The lowest BCUT2D eigenvalue weighted by molar-refractivity contribution is 0.198. The number of hydrogen-bond donors (Lipinski definition) is 1. The maximum absolute atomic E-state index is 5.02. The fourth-order valence-corrected chi connectivity index (χ4v) is 3.69. The zero-order valence-corrected chi connectivity index (χ0v) is 13.3. The van der Waals surface area contributed by atoms with E-state index >= 15 is 0 Å². The molecule has 2 rings (SSSR count). The van der Waals surface area contributed by atoms with E-state index in [0.717, 1.165) is 18.9 Å². The Morgan fingerprint density at radius 2 is 2.15 bits per heavy atom. The van der Waals surface area contributed by atoms with Crippen molar-refractivity contribution in [2.45, 2.75) is 49.9 Å². The maximum atomic E-state index is 5.02. The van der Waals surface area contributed by atoms with Crippen LogP contribution >= 0.6 is 11.8 Å². The van der Waals surface area contributed by atoms with E-state index < -0.39 is 0 Å². The average Bonchev–Trinajstić information content (AvgIpc) is 2.92. The Labute approximate surface area is 125 Å². The number of ether oxygens (including phenoxy) is 1. The third kappa shape index (κ3) is 4.17. The monoisotopic (exact) mass is 299 g/mol. The molecule has 1 aliphatic carbocycles. The average molecular weight is 299 g/mol. The number of nitrogens with one attached hydrogen (secondary N) is 1. The van der Waals surface area contributed by atoms with Crippen LogP contribution in [0.25, 0.3) is 0 Å². The molecule has 0 amide bonds. The molecule has 1 aromatic heterocycles. The zero-order valence-electron chi connectivity index (χ0n) is 12.5. The van der Waals surface area contributed by atoms with Crippen molar-refractivity contribution in [2.75, 3.05) is 26.5 Å². The van der Waals surface area contributed by atoms with Gasteiger partial charge in [-0.1, -0.05) is 19.3 Å². The molecule has 0 radical (unpaired) electrons. The highest BCUT2D eigenvalue weighted by molar-refractivity contribution is 8.00. The van der Waals surface area contributed by atoms with Gasteiger partial charge < -0.3 is 10.1 Å². The summed E-state index contributed by atoms with van der Waals surface area (Å²) in [6.45, 7) is 3.14. The van der Waals surface area contributed by atoms with Gasteiger partial charge in [-0.2, -0.15) is 11.8 Å². The second-order valence-corrected chi connectivity index (χ2v) is 6.64. The number of hydrogen-bond acceptors (Lipinski definition) is 6. The molecule has 1 saturated carbocycles. The van der Waals surface area contributed by atoms with Crippen LogP contribution in [-0.4, -0.2) is 51.5 Å². The molecule has 1 aromatic rings. The van der Waals surface area contributed by atoms with Crippen molar-refractivity contribution < 1.29 is 4.74 Å². The minimum Gasteiger partial charge on any atom is -0.383 e. The first kappa shape index (κ1) is 15.7. The summed E-state index contributed by atoms with van der Waals surface area (Å²) >= 11 is 1.98. The molecule has 7 heteroatoms. The van der Waals surface area contributed by atoms with E-state index in [-0.39, 0.29) is 0 Å². The number of aromatic nitrogens is 4. The first-order valence-corrected chi connectivity index (χ1v) is 8.52. The predicted octanol–water partition coefficient (Wildman–Crippen LogP) is 1.47. The van der Waals surface area contributed by atoms with E-state index in [2.05, 4.69) is 27.1 Å². The molecule has 0 aliphatic heterocycles. The molecule has 0 atom stereocenters. The normalized spacial score (nSPS) is 18.3. The van der Waals surface area contributed by atoms with Gasteiger partial charge in [-0.3, -0.25) is 0 Å². The molecule has 1 aliphatic rings. The Hall–Kier alpha value is -0.660. The Morgan fingerprint density at radius 1 is 1.35 bits per heavy atom. The second kappa shape index (κ2) is 7.95. The Kier molecular flexibility index (Phi) is 6.25. The zero-order chi connectivity index (χ0) is 14.3. The standard InChI is InChI=1S/C13H25N5OS/c1-19-9-8-14-10-12-15-16-17-18(12)11-13(20-2)6-4-3-5-7-13/h14H,3-11H2,1-2H3. The van der Waals surface area contributed by atoms with Crippen LogP contribution < -0.4 is 5.32 Å². The van der Waals surface area contributed by atoms with Crippen LogP contribution in [0, 0.1) is 0 Å². The minimum atomic E-state index is 0.314. The quantitative estimate of drug-likeness (QED) is 0.734. The van der Waals surface area contributed by atoms with Crippen molar-refractivity contribution in [2.24, 2.45) is 0 Å². The number of rotatable bonds is 8. The van der Waals surface area contributed by atoms with Crippen LogP contribution in [0.2, 0.25) is 0 Å². The van der Waals surface area contributed by atoms with E-state index in [1.165, 1.54) is 32.1 Å². The van der Waals surface area contributed by atoms with Gasteiger partial charge in [0.1, 0.15) is 0 Å². The van der Waals surface area contributed by atoms with Gasteiger partial charge in [0.15, 0.2) is 5.82 Å². The van der Waals surface area contributed by atoms with Crippen molar-refractivity contribution in [1.29, 1.82) is 0 Å². The number of nitrogens with zero attached hydrogens (tertiary/aromatic N) is 4. The van der Waals surface area contributed by atoms with Gasteiger partial charge in [-0.05, 0) is 29.5 Å². The summed E-state index contributed by atoms with van der Waals surface area (Å²) in [6.07, 6.45) is 8.76. The van der Waals surface area contributed by atoms with Crippen molar-refractivity contribution in [1.82, 2.24) is 25.5 Å². The topological polar surface area (TPSA) is 64.9 Å². The molecule has 0 unspecified atom stereocenters.